The second kappa shape index (κ2) is 10.9. The Kier molecular flexibility index (Phi) is 7.50. The summed E-state index contributed by atoms with van der Waals surface area (Å²) in [6.07, 6.45) is -1.92. The van der Waals surface area contributed by atoms with Crippen molar-refractivity contribution < 1.29 is 27.1 Å². The molecule has 1 N–H and O–H groups in total. The minimum absolute atomic E-state index is 0.00699. The molecule has 2 aromatic heterocycles. The second-order valence-corrected chi connectivity index (χ2v) is 10.3. The van der Waals surface area contributed by atoms with Gasteiger partial charge in [0.1, 0.15) is 23.1 Å². The molecule has 1 fully saturated rings. The Morgan fingerprint density at radius 2 is 1.90 bits per heavy atom. The van der Waals surface area contributed by atoms with Gasteiger partial charge in [-0.2, -0.15) is 13.2 Å². The Hall–Kier alpha value is -3.99. The molecule has 1 atom stereocenters. The zero-order valence-corrected chi connectivity index (χ0v) is 22.3. The van der Waals surface area contributed by atoms with Crippen LogP contribution in [0.4, 0.5) is 29.2 Å². The van der Waals surface area contributed by atoms with Crippen molar-refractivity contribution in [3.05, 3.63) is 71.8 Å². The number of anilines is 2. The molecule has 0 unspecified atom stereocenters. The first-order valence-electron chi connectivity index (χ1n) is 13.0. The number of likely N-dealkylation sites (tertiary alicyclic amines) is 1. The van der Waals surface area contributed by atoms with Gasteiger partial charge in [-0.15, -0.1) is 0 Å². The molecule has 5 rings (SSSR count). The summed E-state index contributed by atoms with van der Waals surface area (Å²) in [5, 5.41) is 2.66. The van der Waals surface area contributed by atoms with Crippen molar-refractivity contribution in [2.75, 3.05) is 18.4 Å². The number of ketones is 1. The van der Waals surface area contributed by atoms with Crippen LogP contribution in [0.25, 0.3) is 11.0 Å². The summed E-state index contributed by atoms with van der Waals surface area (Å²) in [4.78, 5) is 23.9. The molecule has 40 heavy (non-hydrogen) atoms. The Bertz CT molecular complexity index is 1550. The van der Waals surface area contributed by atoms with Crippen LogP contribution < -0.4 is 10.1 Å². The Morgan fingerprint density at radius 3 is 2.62 bits per heavy atom. The average molecular weight is 556 g/mol. The number of pyridine rings is 1. The number of Topliss-reactive ketones (excluding diaryl/α,β-unsaturated/α-hetero) is 1. The Balaban J connectivity index is 1.30. The summed E-state index contributed by atoms with van der Waals surface area (Å²) in [6, 6.07) is 11.2. The SMILES string of the molecule is CC(C)N1CC[C@@H](C(=O)Cc2cc(Oc3ccc4c(c3)nc(Nc3cc(C(F)(F)F)ccc3F)n4C)ccn2)C1. The number of aryl methyl sites for hydroxylation is 1. The lowest BCUT2D eigenvalue weighted by molar-refractivity contribution is -0.137. The first kappa shape index (κ1) is 27.6. The van der Waals surface area contributed by atoms with Gasteiger partial charge in [-0.3, -0.25) is 9.78 Å². The van der Waals surface area contributed by atoms with Crippen molar-refractivity contribution >= 4 is 28.5 Å². The van der Waals surface area contributed by atoms with Gasteiger partial charge in [0.2, 0.25) is 5.95 Å². The van der Waals surface area contributed by atoms with Gasteiger partial charge >= 0.3 is 6.18 Å². The molecule has 0 saturated carbocycles. The molecule has 11 heteroatoms. The second-order valence-electron chi connectivity index (χ2n) is 10.3. The fraction of sp³-hybridized carbons (Fsp3) is 0.345. The predicted molar refractivity (Wildman–Crippen MR) is 143 cm³/mol. The number of ether oxygens (including phenoxy) is 1. The molecular weight excluding hydrogens is 526 g/mol. The van der Waals surface area contributed by atoms with Gasteiger partial charge in [0.25, 0.3) is 0 Å². The Morgan fingerprint density at radius 1 is 1.12 bits per heavy atom. The molecule has 1 aliphatic heterocycles. The highest BCUT2D eigenvalue weighted by atomic mass is 19.4. The number of fused-ring (bicyclic) bond motifs is 1. The summed E-state index contributed by atoms with van der Waals surface area (Å²) < 4.78 is 61.2. The molecule has 1 aliphatic rings. The van der Waals surface area contributed by atoms with Gasteiger partial charge in [0, 0.05) is 50.3 Å². The molecule has 1 saturated heterocycles. The minimum Gasteiger partial charge on any atom is -0.457 e. The number of hydrogen-bond donors (Lipinski definition) is 1. The minimum atomic E-state index is -4.60. The lowest BCUT2D eigenvalue weighted by atomic mass is 9.99. The maximum atomic E-state index is 14.3. The molecule has 0 radical (unpaired) electrons. The summed E-state index contributed by atoms with van der Waals surface area (Å²) in [5.74, 6) is 0.480. The van der Waals surface area contributed by atoms with Crippen LogP contribution in [0.2, 0.25) is 0 Å². The van der Waals surface area contributed by atoms with Crippen LogP contribution in [0.5, 0.6) is 11.5 Å². The molecule has 2 aromatic carbocycles. The number of nitrogens with one attached hydrogen (secondary N) is 1. The summed E-state index contributed by atoms with van der Waals surface area (Å²) in [5.41, 5.74) is 0.479. The van der Waals surface area contributed by atoms with Gasteiger partial charge < -0.3 is 19.5 Å². The van der Waals surface area contributed by atoms with Crippen LogP contribution in [-0.2, 0) is 24.4 Å². The number of carbonyl (C=O) groups excluding carboxylic acids is 1. The van der Waals surface area contributed by atoms with E-state index in [9.17, 15) is 22.4 Å². The van der Waals surface area contributed by atoms with Crippen LogP contribution in [0, 0.1) is 11.7 Å². The number of hydrogen-bond acceptors (Lipinski definition) is 6. The number of alkyl halides is 3. The van der Waals surface area contributed by atoms with E-state index in [-0.39, 0.29) is 29.8 Å². The molecular formula is C29H29F4N5O2. The monoisotopic (exact) mass is 555 g/mol. The van der Waals surface area contributed by atoms with Crippen molar-refractivity contribution in [3.8, 4) is 11.5 Å². The third-order valence-corrected chi connectivity index (χ3v) is 7.18. The molecule has 7 nitrogen and oxygen atoms in total. The van der Waals surface area contributed by atoms with Crippen LogP contribution >= 0.6 is 0 Å². The van der Waals surface area contributed by atoms with Crippen molar-refractivity contribution in [1.29, 1.82) is 0 Å². The van der Waals surface area contributed by atoms with E-state index in [0.29, 0.717) is 46.4 Å². The number of halogens is 4. The molecule has 0 amide bonds. The quantitative estimate of drug-likeness (QED) is 0.250. The highest BCUT2D eigenvalue weighted by Gasteiger charge is 2.31. The maximum Gasteiger partial charge on any atom is 0.416 e. The van der Waals surface area contributed by atoms with Crippen LogP contribution in [0.1, 0.15) is 31.5 Å². The smallest absolute Gasteiger partial charge is 0.416 e. The van der Waals surface area contributed by atoms with E-state index in [4.69, 9.17) is 4.74 Å². The van der Waals surface area contributed by atoms with Crippen molar-refractivity contribution in [1.82, 2.24) is 19.4 Å². The highest BCUT2D eigenvalue weighted by Crippen LogP contribution is 2.34. The fourth-order valence-corrected chi connectivity index (χ4v) is 4.87. The number of carbonyl (C=O) groups is 1. The van der Waals surface area contributed by atoms with Crippen LogP contribution in [-0.4, -0.2) is 44.3 Å². The van der Waals surface area contributed by atoms with E-state index >= 15 is 0 Å². The third kappa shape index (κ3) is 5.94. The van der Waals surface area contributed by atoms with Gasteiger partial charge in [0.05, 0.1) is 28.0 Å². The van der Waals surface area contributed by atoms with Gasteiger partial charge in [-0.05, 0) is 63.2 Å². The topological polar surface area (TPSA) is 72.3 Å². The fourth-order valence-electron chi connectivity index (χ4n) is 4.87. The number of aromatic nitrogens is 3. The number of rotatable bonds is 8. The van der Waals surface area contributed by atoms with Crippen molar-refractivity contribution in [3.63, 3.8) is 0 Å². The van der Waals surface area contributed by atoms with E-state index in [2.05, 4.69) is 34.0 Å². The molecule has 3 heterocycles. The normalized spacial score (nSPS) is 16.1. The van der Waals surface area contributed by atoms with E-state index in [1.54, 1.807) is 48.1 Å². The lowest BCUT2D eigenvalue weighted by Gasteiger charge is -2.19. The summed E-state index contributed by atoms with van der Waals surface area (Å²) in [7, 11) is 1.67. The Labute approximate surface area is 228 Å². The van der Waals surface area contributed by atoms with Crippen molar-refractivity contribution in [2.45, 2.75) is 38.9 Å². The molecule has 0 bridgehead atoms. The molecule has 4 aromatic rings. The van der Waals surface area contributed by atoms with Gasteiger partial charge in [0.15, 0.2) is 0 Å². The molecule has 0 aliphatic carbocycles. The van der Waals surface area contributed by atoms with E-state index in [1.807, 2.05) is 0 Å². The van der Waals surface area contributed by atoms with Gasteiger partial charge in [-0.25, -0.2) is 9.37 Å². The third-order valence-electron chi connectivity index (χ3n) is 7.18. The maximum absolute atomic E-state index is 14.3. The molecule has 210 valence electrons. The zero-order valence-electron chi connectivity index (χ0n) is 22.3. The van der Waals surface area contributed by atoms with Crippen LogP contribution in [0.3, 0.4) is 0 Å². The first-order chi connectivity index (χ1) is 19.0. The number of benzene rings is 2. The average Bonchev–Trinajstić information content (AvgIpc) is 3.51. The first-order valence-corrected chi connectivity index (χ1v) is 13.0. The predicted octanol–water partition coefficient (Wildman–Crippen LogP) is 6.50. The van der Waals surface area contributed by atoms with Crippen molar-refractivity contribution in [2.24, 2.45) is 13.0 Å². The molecule has 0 spiro atoms. The van der Waals surface area contributed by atoms with Gasteiger partial charge in [-0.1, -0.05) is 0 Å². The summed E-state index contributed by atoms with van der Waals surface area (Å²) in [6.45, 7) is 5.96. The van der Waals surface area contributed by atoms with E-state index in [1.165, 1.54) is 0 Å². The lowest BCUT2D eigenvalue weighted by Crippen LogP contribution is -2.30. The van der Waals surface area contributed by atoms with Crippen LogP contribution in [0.15, 0.2) is 54.7 Å². The number of imidazole rings is 1. The number of nitrogens with zero attached hydrogens (tertiary/aromatic N) is 4. The van der Waals surface area contributed by atoms with E-state index < -0.39 is 17.6 Å². The van der Waals surface area contributed by atoms with E-state index in [0.717, 1.165) is 25.6 Å². The highest BCUT2D eigenvalue weighted by molar-refractivity contribution is 5.83. The standard InChI is InChI=1S/C29H29F4N5O2/c1-17(2)38-11-9-18(16-38)27(39)14-20-13-22(8-10-34-20)40-21-5-7-26-25(15-21)36-28(37(26)3)35-24-12-19(29(31,32)33)4-6-23(24)30/h4-8,10,12-13,15,17-18H,9,11,14,16H2,1-3H3,(H,35,36)/t18-/m1/s1. The summed E-state index contributed by atoms with van der Waals surface area (Å²) >= 11 is 0. The largest absolute Gasteiger partial charge is 0.457 e. The zero-order chi connectivity index (χ0) is 28.6.